The maximum absolute atomic E-state index is 14.3. The molecule has 0 spiro atoms. The SMILES string of the molecule is C[C@H]1CCCCO[C@@H](CN(C)C(=O)Cc2ccccc2)[C@@H](C)CN([C@@H](C)CO)C(=O)c2cc(NS(=O)(=O)c3ccc(F)cc3)ccc2O1. The molecule has 0 unspecified atom stereocenters. The van der Waals surface area contributed by atoms with E-state index in [-0.39, 0.29) is 59.4 Å². The van der Waals surface area contributed by atoms with Crippen molar-refractivity contribution in [3.63, 3.8) is 0 Å². The van der Waals surface area contributed by atoms with Crippen molar-refractivity contribution in [2.24, 2.45) is 5.92 Å². The molecule has 4 atom stereocenters. The molecule has 1 heterocycles. The first-order valence-corrected chi connectivity index (χ1v) is 17.8. The summed E-state index contributed by atoms with van der Waals surface area (Å²) < 4.78 is 54.7. The van der Waals surface area contributed by atoms with Crippen LogP contribution in [0.2, 0.25) is 0 Å². The monoisotopic (exact) mass is 683 g/mol. The highest BCUT2D eigenvalue weighted by molar-refractivity contribution is 7.92. The Balaban J connectivity index is 1.63. The number of carbonyl (C=O) groups excluding carboxylic acids is 2. The minimum Gasteiger partial charge on any atom is -0.490 e. The summed E-state index contributed by atoms with van der Waals surface area (Å²) >= 11 is 0. The van der Waals surface area contributed by atoms with Gasteiger partial charge in [0.2, 0.25) is 5.91 Å². The van der Waals surface area contributed by atoms with E-state index in [4.69, 9.17) is 9.47 Å². The number of aliphatic hydroxyl groups is 1. The quantitative estimate of drug-likeness (QED) is 0.321. The predicted molar refractivity (Wildman–Crippen MR) is 182 cm³/mol. The standard InChI is InChI=1S/C36H46FN3O7S/c1-25-22-40(26(2)24-41)36(43)32-21-30(38-48(44,45)31-16-13-29(37)14-17-31)15-18-33(32)47-27(3)10-8-9-19-46-34(25)23-39(4)35(42)20-28-11-6-5-7-12-28/h5-7,11-18,21,25-27,34,38,41H,8-10,19-20,22-24H2,1-4H3/t25-,26-,27-,34-/m0/s1. The van der Waals surface area contributed by atoms with E-state index in [1.807, 2.05) is 44.2 Å². The Bertz CT molecular complexity index is 1620. The molecule has 0 aromatic heterocycles. The zero-order chi connectivity index (χ0) is 34.8. The number of benzene rings is 3. The van der Waals surface area contributed by atoms with Gasteiger partial charge in [0.25, 0.3) is 15.9 Å². The molecular weight excluding hydrogens is 637 g/mol. The molecule has 1 aliphatic heterocycles. The van der Waals surface area contributed by atoms with Gasteiger partial charge in [0.05, 0.1) is 41.7 Å². The number of rotatable bonds is 9. The van der Waals surface area contributed by atoms with Gasteiger partial charge in [-0.05, 0) is 81.1 Å². The first-order valence-electron chi connectivity index (χ1n) is 16.3. The molecule has 0 saturated carbocycles. The zero-order valence-electron chi connectivity index (χ0n) is 28.0. The second kappa shape index (κ2) is 16.9. The van der Waals surface area contributed by atoms with Crippen molar-refractivity contribution in [2.75, 3.05) is 38.1 Å². The molecular formula is C36H46FN3O7S. The fourth-order valence-corrected chi connectivity index (χ4v) is 6.60. The van der Waals surface area contributed by atoms with E-state index in [0.29, 0.717) is 19.6 Å². The van der Waals surface area contributed by atoms with Crippen LogP contribution in [-0.2, 0) is 26.0 Å². The molecule has 3 aromatic carbocycles. The lowest BCUT2D eigenvalue weighted by atomic mass is 10.0. The van der Waals surface area contributed by atoms with Crippen LogP contribution in [0.3, 0.4) is 0 Å². The van der Waals surface area contributed by atoms with E-state index in [0.717, 1.165) is 42.7 Å². The Hall–Kier alpha value is -4.00. The molecule has 1 aliphatic rings. The Kier molecular flexibility index (Phi) is 13.0. The molecule has 0 fully saturated rings. The van der Waals surface area contributed by atoms with Crippen molar-refractivity contribution >= 4 is 27.5 Å². The average molecular weight is 684 g/mol. The number of aliphatic hydroxyl groups excluding tert-OH is 1. The smallest absolute Gasteiger partial charge is 0.261 e. The summed E-state index contributed by atoms with van der Waals surface area (Å²) in [5.74, 6) is -1.04. The average Bonchev–Trinajstić information content (AvgIpc) is 3.06. The first kappa shape index (κ1) is 36.8. The van der Waals surface area contributed by atoms with Gasteiger partial charge in [-0.3, -0.25) is 14.3 Å². The van der Waals surface area contributed by atoms with Crippen molar-refractivity contribution in [3.8, 4) is 5.75 Å². The number of nitrogens with one attached hydrogen (secondary N) is 1. The highest BCUT2D eigenvalue weighted by atomic mass is 32.2. The van der Waals surface area contributed by atoms with Crippen molar-refractivity contribution < 1.29 is 37.0 Å². The third kappa shape index (κ3) is 10.0. The number of fused-ring (bicyclic) bond motifs is 1. The predicted octanol–water partition coefficient (Wildman–Crippen LogP) is 5.12. The van der Waals surface area contributed by atoms with Crippen LogP contribution >= 0.6 is 0 Å². The molecule has 48 heavy (non-hydrogen) atoms. The number of anilines is 1. The lowest BCUT2D eigenvalue weighted by Gasteiger charge is -2.36. The summed E-state index contributed by atoms with van der Waals surface area (Å²) in [6, 6.07) is 17.8. The van der Waals surface area contributed by atoms with Gasteiger partial charge in [-0.1, -0.05) is 37.3 Å². The van der Waals surface area contributed by atoms with Crippen molar-refractivity contribution in [1.29, 1.82) is 0 Å². The van der Waals surface area contributed by atoms with Crippen LogP contribution in [0.15, 0.2) is 77.7 Å². The fourth-order valence-electron chi connectivity index (χ4n) is 5.55. The van der Waals surface area contributed by atoms with E-state index in [1.54, 1.807) is 24.9 Å². The largest absolute Gasteiger partial charge is 0.490 e. The second-order valence-corrected chi connectivity index (χ2v) is 14.2. The molecule has 2 N–H and O–H groups in total. The Morgan fingerprint density at radius 2 is 1.79 bits per heavy atom. The van der Waals surface area contributed by atoms with Crippen molar-refractivity contribution in [3.05, 3.63) is 89.7 Å². The normalized spacial score (nSPS) is 20.2. The molecule has 3 aromatic rings. The number of halogens is 1. The van der Waals surface area contributed by atoms with E-state index in [1.165, 1.54) is 17.0 Å². The highest BCUT2D eigenvalue weighted by Gasteiger charge is 2.31. The van der Waals surface area contributed by atoms with Crippen LogP contribution in [0.1, 0.15) is 56.0 Å². The van der Waals surface area contributed by atoms with Crippen LogP contribution in [-0.4, -0.2) is 86.7 Å². The first-order chi connectivity index (χ1) is 22.9. The maximum Gasteiger partial charge on any atom is 0.261 e. The minimum absolute atomic E-state index is 0.0522. The summed E-state index contributed by atoms with van der Waals surface area (Å²) in [4.78, 5) is 30.5. The highest BCUT2D eigenvalue weighted by Crippen LogP contribution is 2.29. The van der Waals surface area contributed by atoms with Crippen LogP contribution in [0.4, 0.5) is 10.1 Å². The van der Waals surface area contributed by atoms with E-state index >= 15 is 0 Å². The van der Waals surface area contributed by atoms with Gasteiger partial charge in [0, 0.05) is 38.3 Å². The van der Waals surface area contributed by atoms with Crippen LogP contribution in [0, 0.1) is 11.7 Å². The van der Waals surface area contributed by atoms with Gasteiger partial charge < -0.3 is 24.4 Å². The van der Waals surface area contributed by atoms with Crippen molar-refractivity contribution in [2.45, 2.75) is 69.6 Å². The summed E-state index contributed by atoms with van der Waals surface area (Å²) in [5.41, 5.74) is 1.16. The van der Waals surface area contributed by atoms with Gasteiger partial charge in [-0.2, -0.15) is 0 Å². The number of amides is 2. The molecule has 10 nitrogen and oxygen atoms in total. The molecule has 0 bridgehead atoms. The molecule has 12 heteroatoms. The third-order valence-electron chi connectivity index (χ3n) is 8.51. The lowest BCUT2D eigenvalue weighted by molar-refractivity contribution is -0.131. The van der Waals surface area contributed by atoms with Gasteiger partial charge >= 0.3 is 0 Å². The Morgan fingerprint density at radius 3 is 2.48 bits per heavy atom. The number of nitrogens with zero attached hydrogens (tertiary/aromatic N) is 2. The molecule has 4 rings (SSSR count). The number of hydrogen-bond donors (Lipinski definition) is 2. The third-order valence-corrected chi connectivity index (χ3v) is 9.90. The summed E-state index contributed by atoms with van der Waals surface area (Å²) in [6.07, 6.45) is 1.85. The summed E-state index contributed by atoms with van der Waals surface area (Å²) in [5, 5.41) is 10.2. The summed E-state index contributed by atoms with van der Waals surface area (Å²) in [7, 11) is -2.35. The second-order valence-electron chi connectivity index (χ2n) is 12.5. The molecule has 0 aliphatic carbocycles. The van der Waals surface area contributed by atoms with E-state index in [9.17, 15) is 27.5 Å². The number of ether oxygens (including phenoxy) is 2. The van der Waals surface area contributed by atoms with Gasteiger partial charge in [0.1, 0.15) is 11.6 Å². The molecule has 0 saturated heterocycles. The summed E-state index contributed by atoms with van der Waals surface area (Å²) in [6.45, 7) is 6.23. The van der Waals surface area contributed by atoms with E-state index in [2.05, 4.69) is 4.72 Å². The number of likely N-dealkylation sites (N-methyl/N-ethyl adjacent to an activating group) is 1. The Labute approximate surface area is 282 Å². The fraction of sp³-hybridized carbons (Fsp3) is 0.444. The van der Waals surface area contributed by atoms with Gasteiger partial charge in [-0.15, -0.1) is 0 Å². The minimum atomic E-state index is -4.09. The topological polar surface area (TPSA) is 125 Å². The molecule has 260 valence electrons. The van der Waals surface area contributed by atoms with Crippen molar-refractivity contribution in [1.82, 2.24) is 9.80 Å². The number of carbonyl (C=O) groups is 2. The zero-order valence-corrected chi connectivity index (χ0v) is 28.8. The Morgan fingerprint density at radius 1 is 1.08 bits per heavy atom. The molecule has 0 radical (unpaired) electrons. The lowest BCUT2D eigenvalue weighted by Crippen LogP contribution is -2.48. The number of hydrogen-bond acceptors (Lipinski definition) is 7. The van der Waals surface area contributed by atoms with Gasteiger partial charge in [0.15, 0.2) is 0 Å². The maximum atomic E-state index is 14.3. The van der Waals surface area contributed by atoms with Crippen LogP contribution in [0.25, 0.3) is 0 Å². The molecule has 2 amide bonds. The van der Waals surface area contributed by atoms with Crippen LogP contribution in [0.5, 0.6) is 5.75 Å². The van der Waals surface area contributed by atoms with Crippen LogP contribution < -0.4 is 9.46 Å². The number of sulfonamides is 1. The van der Waals surface area contributed by atoms with E-state index < -0.39 is 33.9 Å². The van der Waals surface area contributed by atoms with Gasteiger partial charge in [-0.25, -0.2) is 12.8 Å².